The van der Waals surface area contributed by atoms with Gasteiger partial charge in [0, 0.05) is 21.8 Å². The highest BCUT2D eigenvalue weighted by atomic mass is 28.3. The van der Waals surface area contributed by atoms with Crippen molar-refractivity contribution in [3.05, 3.63) is 48.0 Å². The van der Waals surface area contributed by atoms with Crippen molar-refractivity contribution in [3.8, 4) is 0 Å². The van der Waals surface area contributed by atoms with Gasteiger partial charge in [-0.1, -0.05) is 69.6 Å². The second-order valence-electron chi connectivity index (χ2n) is 7.22. The number of rotatable bonds is 4. The summed E-state index contributed by atoms with van der Waals surface area (Å²) in [5.41, 5.74) is 4.96. The van der Waals surface area contributed by atoms with E-state index in [1.54, 1.807) is 0 Å². The minimum atomic E-state index is -1.58. The molecule has 0 fully saturated rings. The Hall–Kier alpha value is -1.54. The highest BCUT2D eigenvalue weighted by Crippen LogP contribution is 2.37. The highest BCUT2D eigenvalue weighted by Gasteiger charge is 2.33. The number of aromatic nitrogens is 1. The van der Waals surface area contributed by atoms with Gasteiger partial charge < -0.3 is 4.23 Å². The van der Waals surface area contributed by atoms with Gasteiger partial charge in [-0.2, -0.15) is 0 Å². The lowest BCUT2D eigenvalue weighted by atomic mass is 10.1. The van der Waals surface area contributed by atoms with E-state index in [1.807, 2.05) is 0 Å². The third-order valence-corrected chi connectivity index (χ3v) is 9.67. The molecule has 0 aliphatic rings. The fourth-order valence-corrected chi connectivity index (χ4v) is 6.78. The molecule has 0 amide bonds. The van der Waals surface area contributed by atoms with Gasteiger partial charge in [-0.25, -0.2) is 0 Å². The van der Waals surface area contributed by atoms with Crippen LogP contribution in [0.1, 0.15) is 32.3 Å². The molecule has 22 heavy (non-hydrogen) atoms. The van der Waals surface area contributed by atoms with Crippen LogP contribution in [0.15, 0.2) is 42.5 Å². The zero-order valence-electron chi connectivity index (χ0n) is 14.5. The van der Waals surface area contributed by atoms with Crippen molar-refractivity contribution >= 4 is 30.0 Å². The molecule has 2 aromatic carbocycles. The number of hydrogen-bond donors (Lipinski definition) is 0. The predicted molar refractivity (Wildman–Crippen MR) is 101 cm³/mol. The minimum absolute atomic E-state index is 0.776. The lowest BCUT2D eigenvalue weighted by Gasteiger charge is -2.33. The molecule has 0 spiro atoms. The number of hydrogen-bond acceptors (Lipinski definition) is 0. The smallest absolute Gasteiger partial charge is 0.159 e. The Morgan fingerprint density at radius 3 is 2.41 bits per heavy atom. The second-order valence-corrected chi connectivity index (χ2v) is 12.0. The monoisotopic (exact) mass is 309 g/mol. The summed E-state index contributed by atoms with van der Waals surface area (Å²) in [7, 11) is -1.58. The first-order chi connectivity index (χ1) is 10.5. The van der Waals surface area contributed by atoms with E-state index in [1.165, 1.54) is 40.2 Å². The fourth-order valence-electron chi connectivity index (χ4n) is 3.71. The molecule has 2 heteroatoms. The van der Waals surface area contributed by atoms with E-state index in [2.05, 4.69) is 80.6 Å². The Balaban J connectivity index is 2.36. The van der Waals surface area contributed by atoms with Crippen LogP contribution in [0.2, 0.25) is 18.6 Å². The molecule has 1 atom stereocenters. The van der Waals surface area contributed by atoms with E-state index in [-0.39, 0.29) is 0 Å². The van der Waals surface area contributed by atoms with E-state index < -0.39 is 8.24 Å². The molecule has 0 saturated heterocycles. The largest absolute Gasteiger partial charge is 0.368 e. The predicted octanol–water partition coefficient (Wildman–Crippen LogP) is 6.35. The van der Waals surface area contributed by atoms with Gasteiger partial charge in [0.05, 0.1) is 0 Å². The topological polar surface area (TPSA) is 4.93 Å². The Morgan fingerprint density at radius 1 is 1.00 bits per heavy atom. The quantitative estimate of drug-likeness (QED) is 0.495. The van der Waals surface area contributed by atoms with Crippen molar-refractivity contribution in [2.45, 2.75) is 52.2 Å². The van der Waals surface area contributed by atoms with E-state index in [9.17, 15) is 0 Å². The Kier molecular flexibility index (Phi) is 3.90. The first-order valence-corrected chi connectivity index (χ1v) is 11.5. The van der Waals surface area contributed by atoms with E-state index >= 15 is 0 Å². The van der Waals surface area contributed by atoms with Crippen molar-refractivity contribution in [2.75, 3.05) is 0 Å². The van der Waals surface area contributed by atoms with E-state index in [4.69, 9.17) is 0 Å². The number of aryl methyl sites for hydroxylation is 1. The van der Waals surface area contributed by atoms with Gasteiger partial charge >= 0.3 is 0 Å². The van der Waals surface area contributed by atoms with E-state index in [0.717, 1.165) is 5.54 Å². The molecule has 0 bridgehead atoms. The van der Waals surface area contributed by atoms with Gasteiger partial charge in [-0.05, 0) is 30.7 Å². The van der Waals surface area contributed by atoms with Crippen LogP contribution in [0.25, 0.3) is 21.8 Å². The molecule has 1 heterocycles. The molecule has 0 aliphatic heterocycles. The molecule has 3 aromatic rings. The van der Waals surface area contributed by atoms with Gasteiger partial charge in [-0.15, -0.1) is 0 Å². The molecule has 0 saturated carbocycles. The van der Waals surface area contributed by atoms with Crippen molar-refractivity contribution in [1.82, 2.24) is 4.23 Å². The average molecular weight is 310 g/mol. The number of fused-ring (bicyclic) bond motifs is 3. The summed E-state index contributed by atoms with van der Waals surface area (Å²) in [6, 6.07) is 15.9. The first-order valence-electron chi connectivity index (χ1n) is 8.47. The Labute approximate surface area is 135 Å². The van der Waals surface area contributed by atoms with Crippen LogP contribution in [-0.4, -0.2) is 12.5 Å². The molecule has 116 valence electrons. The van der Waals surface area contributed by atoms with Gasteiger partial charge in [0.1, 0.15) is 0 Å². The fraction of sp³-hybridized carbons (Fsp3) is 0.400. The maximum Gasteiger partial charge on any atom is 0.159 e. The van der Waals surface area contributed by atoms with Crippen LogP contribution in [-0.2, 0) is 0 Å². The maximum absolute atomic E-state index is 2.71. The highest BCUT2D eigenvalue weighted by molar-refractivity contribution is 6.78. The zero-order chi connectivity index (χ0) is 15.9. The summed E-state index contributed by atoms with van der Waals surface area (Å²) in [4.78, 5) is 0. The lowest BCUT2D eigenvalue weighted by Crippen LogP contribution is -2.40. The summed E-state index contributed by atoms with van der Waals surface area (Å²) in [5, 5.41) is 2.82. The van der Waals surface area contributed by atoms with Crippen molar-refractivity contribution < 1.29 is 0 Å². The molecular weight excluding hydrogens is 282 g/mol. The van der Waals surface area contributed by atoms with Crippen LogP contribution in [0.3, 0.4) is 0 Å². The number of nitrogens with zero attached hydrogens (tertiary/aromatic N) is 1. The van der Waals surface area contributed by atoms with Gasteiger partial charge in [-0.3, -0.25) is 0 Å². The molecule has 1 aromatic heterocycles. The summed E-state index contributed by atoms with van der Waals surface area (Å²) in [5.74, 6) is 0. The number of benzene rings is 2. The first kappa shape index (κ1) is 15.4. The lowest BCUT2D eigenvalue weighted by molar-refractivity contribution is 0.735. The normalized spacial score (nSPS) is 13.9. The Bertz CT molecular complexity index is 813. The van der Waals surface area contributed by atoms with Gasteiger partial charge in [0.15, 0.2) is 8.24 Å². The van der Waals surface area contributed by atoms with Crippen molar-refractivity contribution in [1.29, 1.82) is 0 Å². The standard InChI is InChI=1S/C20H27NSi/c1-6-9-16(3)22(4,5)21-19-11-8-7-10-17(19)18-14-15(2)12-13-20(18)21/h7-8,10-14,16H,6,9H2,1-5H3. The Morgan fingerprint density at radius 2 is 1.68 bits per heavy atom. The molecule has 0 N–H and O–H groups in total. The summed E-state index contributed by atoms with van der Waals surface area (Å²) < 4.78 is 2.71. The molecule has 0 radical (unpaired) electrons. The maximum atomic E-state index is 2.71. The summed E-state index contributed by atoms with van der Waals surface area (Å²) in [6.45, 7) is 12.0. The molecular formula is C20H27NSi. The second kappa shape index (κ2) is 5.58. The molecule has 1 nitrogen and oxygen atoms in total. The minimum Gasteiger partial charge on any atom is -0.368 e. The van der Waals surface area contributed by atoms with Gasteiger partial charge in [0.2, 0.25) is 0 Å². The zero-order valence-corrected chi connectivity index (χ0v) is 15.5. The van der Waals surface area contributed by atoms with Crippen LogP contribution in [0.5, 0.6) is 0 Å². The summed E-state index contributed by atoms with van der Waals surface area (Å²) >= 11 is 0. The summed E-state index contributed by atoms with van der Waals surface area (Å²) in [6.07, 6.45) is 2.59. The molecule has 3 rings (SSSR count). The van der Waals surface area contributed by atoms with Crippen LogP contribution in [0, 0.1) is 6.92 Å². The van der Waals surface area contributed by atoms with Crippen molar-refractivity contribution in [3.63, 3.8) is 0 Å². The van der Waals surface area contributed by atoms with Crippen LogP contribution in [0.4, 0.5) is 0 Å². The third kappa shape index (κ3) is 2.30. The number of para-hydroxylation sites is 1. The third-order valence-electron chi connectivity index (χ3n) is 5.33. The van der Waals surface area contributed by atoms with Crippen LogP contribution >= 0.6 is 0 Å². The van der Waals surface area contributed by atoms with Gasteiger partial charge in [0.25, 0.3) is 0 Å². The van der Waals surface area contributed by atoms with E-state index in [0.29, 0.717) is 0 Å². The molecule has 0 aliphatic carbocycles. The van der Waals surface area contributed by atoms with Crippen LogP contribution < -0.4 is 0 Å². The van der Waals surface area contributed by atoms with Crippen molar-refractivity contribution in [2.24, 2.45) is 0 Å². The SMILES string of the molecule is CCCC(C)[Si](C)(C)n1c2ccccc2c2cc(C)ccc21. The average Bonchev–Trinajstić information content (AvgIpc) is 2.82. The molecule has 1 unspecified atom stereocenters.